The van der Waals surface area contributed by atoms with Crippen molar-refractivity contribution in [2.75, 3.05) is 6.61 Å². The molecule has 1 aromatic rings. The van der Waals surface area contributed by atoms with Crippen LogP contribution in [0.3, 0.4) is 0 Å². The van der Waals surface area contributed by atoms with Gasteiger partial charge in [-0.05, 0) is 39.8 Å². The van der Waals surface area contributed by atoms with Gasteiger partial charge in [-0.2, -0.15) is 0 Å². The van der Waals surface area contributed by atoms with Gasteiger partial charge in [0, 0.05) is 0 Å². The molecule has 0 aromatic heterocycles. The molecule has 0 heterocycles. The Hall–Kier alpha value is -1.36. The third-order valence-corrected chi connectivity index (χ3v) is 5.17. The van der Waals surface area contributed by atoms with Gasteiger partial charge < -0.3 is 4.74 Å². The summed E-state index contributed by atoms with van der Waals surface area (Å²) in [6.45, 7) is 6.39. The molecule has 1 aromatic carbocycles. The summed E-state index contributed by atoms with van der Waals surface area (Å²) in [5, 5.41) is 0. The Morgan fingerprint density at radius 2 is 1.72 bits per heavy atom. The predicted octanol–water partition coefficient (Wildman–Crippen LogP) is 2.11. The molecule has 5 heteroatoms. The van der Waals surface area contributed by atoms with Crippen LogP contribution < -0.4 is 0 Å². The van der Waals surface area contributed by atoms with Crippen LogP contribution >= 0.6 is 0 Å². The number of sulfone groups is 1. The van der Waals surface area contributed by atoms with Gasteiger partial charge >= 0.3 is 5.97 Å². The van der Waals surface area contributed by atoms with E-state index in [0.29, 0.717) is 0 Å². The summed E-state index contributed by atoms with van der Waals surface area (Å²) in [5.74, 6) is -0.731. The van der Waals surface area contributed by atoms with Gasteiger partial charge in [-0.3, -0.25) is 4.79 Å². The van der Waals surface area contributed by atoms with E-state index in [0.717, 1.165) is 5.56 Å². The smallest absolute Gasteiger partial charge is 0.327 e. The lowest BCUT2D eigenvalue weighted by atomic mass is 10.2. The molecule has 0 saturated carbocycles. The van der Waals surface area contributed by atoms with Gasteiger partial charge in [0.25, 0.3) is 0 Å². The first kappa shape index (κ1) is 14.7. The molecule has 4 nitrogen and oxygen atoms in total. The average Bonchev–Trinajstić information content (AvgIpc) is 2.29. The largest absolute Gasteiger partial charge is 0.465 e. The van der Waals surface area contributed by atoms with Gasteiger partial charge in [-0.15, -0.1) is 0 Å². The molecule has 0 N–H and O–H groups in total. The Morgan fingerprint density at radius 3 is 2.17 bits per heavy atom. The summed E-state index contributed by atoms with van der Waals surface area (Å²) in [5.41, 5.74) is 0.961. The molecule has 0 radical (unpaired) electrons. The van der Waals surface area contributed by atoms with Crippen molar-refractivity contribution in [3.8, 4) is 0 Å². The summed E-state index contributed by atoms with van der Waals surface area (Å²) in [6.07, 6.45) is 0. The van der Waals surface area contributed by atoms with E-state index >= 15 is 0 Å². The molecule has 0 aliphatic rings. The Labute approximate surface area is 108 Å². The van der Waals surface area contributed by atoms with Crippen molar-refractivity contribution in [3.05, 3.63) is 29.8 Å². The third kappa shape index (κ3) is 2.56. The first-order valence-corrected chi connectivity index (χ1v) is 7.20. The molecule has 0 spiro atoms. The van der Waals surface area contributed by atoms with Gasteiger partial charge in [0.1, 0.15) is 0 Å². The van der Waals surface area contributed by atoms with Crippen molar-refractivity contribution in [2.24, 2.45) is 0 Å². The molecule has 0 aliphatic carbocycles. The first-order valence-electron chi connectivity index (χ1n) is 5.72. The zero-order valence-corrected chi connectivity index (χ0v) is 11.9. The highest BCUT2D eigenvalue weighted by molar-refractivity contribution is 7.93. The Kier molecular flexibility index (Phi) is 4.16. The van der Waals surface area contributed by atoms with Gasteiger partial charge in [0.05, 0.1) is 11.5 Å². The number of carbonyl (C=O) groups excluding carboxylic acids is 1. The highest BCUT2D eigenvalue weighted by Gasteiger charge is 2.44. The SMILES string of the molecule is CCOC(=O)C(C)(C)S(=O)(=O)c1ccc(C)cc1. The minimum absolute atomic E-state index is 0.131. The van der Waals surface area contributed by atoms with E-state index in [1.54, 1.807) is 19.1 Å². The van der Waals surface area contributed by atoms with Crippen LogP contribution in [0.2, 0.25) is 0 Å². The van der Waals surface area contributed by atoms with Crippen molar-refractivity contribution in [2.45, 2.75) is 37.3 Å². The van der Waals surface area contributed by atoms with Crippen LogP contribution in [-0.4, -0.2) is 25.7 Å². The zero-order valence-electron chi connectivity index (χ0n) is 11.1. The van der Waals surface area contributed by atoms with Gasteiger partial charge in [0.15, 0.2) is 14.6 Å². The lowest BCUT2D eigenvalue weighted by molar-refractivity contribution is -0.145. The molecule has 18 heavy (non-hydrogen) atoms. The lowest BCUT2D eigenvalue weighted by Gasteiger charge is -2.22. The van der Waals surface area contributed by atoms with E-state index in [2.05, 4.69) is 0 Å². The van der Waals surface area contributed by atoms with Crippen LogP contribution in [0.5, 0.6) is 0 Å². The van der Waals surface area contributed by atoms with Crippen LogP contribution in [0.15, 0.2) is 29.2 Å². The van der Waals surface area contributed by atoms with Crippen molar-refractivity contribution < 1.29 is 17.9 Å². The highest BCUT2D eigenvalue weighted by Crippen LogP contribution is 2.26. The van der Waals surface area contributed by atoms with Crippen LogP contribution in [0, 0.1) is 6.92 Å². The summed E-state index contributed by atoms with van der Waals surface area (Å²) in [6, 6.07) is 6.42. The molecule has 0 aliphatic heterocycles. The topological polar surface area (TPSA) is 60.4 Å². The van der Waals surface area contributed by atoms with Crippen LogP contribution in [-0.2, 0) is 19.4 Å². The fourth-order valence-electron chi connectivity index (χ4n) is 1.43. The molecule has 100 valence electrons. The van der Waals surface area contributed by atoms with E-state index in [1.807, 2.05) is 6.92 Å². The molecule has 0 unspecified atom stereocenters. The van der Waals surface area contributed by atoms with Crippen LogP contribution in [0.25, 0.3) is 0 Å². The van der Waals surface area contributed by atoms with E-state index < -0.39 is 20.6 Å². The Bertz CT molecular complexity index is 527. The van der Waals surface area contributed by atoms with Crippen molar-refractivity contribution in [1.82, 2.24) is 0 Å². The summed E-state index contributed by atoms with van der Waals surface area (Å²) in [4.78, 5) is 11.9. The van der Waals surface area contributed by atoms with E-state index in [-0.39, 0.29) is 11.5 Å². The number of aryl methyl sites for hydroxylation is 1. The maximum Gasteiger partial charge on any atom is 0.327 e. The second-order valence-corrected chi connectivity index (χ2v) is 7.05. The molecule has 0 fully saturated rings. The monoisotopic (exact) mass is 270 g/mol. The van der Waals surface area contributed by atoms with Gasteiger partial charge in [-0.25, -0.2) is 8.42 Å². The number of hydrogen-bond acceptors (Lipinski definition) is 4. The maximum absolute atomic E-state index is 12.4. The summed E-state index contributed by atoms with van der Waals surface area (Å²) < 4.78 is 28.0. The minimum Gasteiger partial charge on any atom is -0.465 e. The molecule has 0 bridgehead atoms. The average molecular weight is 270 g/mol. The Morgan fingerprint density at radius 1 is 1.22 bits per heavy atom. The normalized spacial score (nSPS) is 12.2. The van der Waals surface area contributed by atoms with Crippen LogP contribution in [0.4, 0.5) is 0 Å². The second-order valence-electron chi connectivity index (χ2n) is 4.55. The van der Waals surface area contributed by atoms with E-state index in [9.17, 15) is 13.2 Å². The molecule has 0 saturated heterocycles. The van der Waals surface area contributed by atoms with Crippen molar-refractivity contribution in [3.63, 3.8) is 0 Å². The quantitative estimate of drug-likeness (QED) is 0.786. The number of benzene rings is 1. The number of ether oxygens (including phenoxy) is 1. The molecular weight excluding hydrogens is 252 g/mol. The minimum atomic E-state index is -3.75. The Balaban J connectivity index is 3.21. The number of carbonyl (C=O) groups is 1. The standard InChI is InChI=1S/C13H18O4S/c1-5-17-12(14)13(3,4)18(15,16)11-8-6-10(2)7-9-11/h6-9H,5H2,1-4H3. The molecular formula is C13H18O4S. The molecule has 0 amide bonds. The van der Waals surface area contributed by atoms with Crippen LogP contribution in [0.1, 0.15) is 26.3 Å². The lowest BCUT2D eigenvalue weighted by Crippen LogP contribution is -2.42. The summed E-state index contributed by atoms with van der Waals surface area (Å²) in [7, 11) is -3.75. The fourth-order valence-corrected chi connectivity index (χ4v) is 2.79. The summed E-state index contributed by atoms with van der Waals surface area (Å²) >= 11 is 0. The van der Waals surface area contributed by atoms with E-state index in [1.165, 1.54) is 26.0 Å². The first-order chi connectivity index (χ1) is 8.23. The van der Waals surface area contributed by atoms with Gasteiger partial charge in [0.2, 0.25) is 0 Å². The maximum atomic E-state index is 12.4. The molecule has 0 atom stereocenters. The van der Waals surface area contributed by atoms with E-state index in [4.69, 9.17) is 4.74 Å². The fraction of sp³-hybridized carbons (Fsp3) is 0.462. The third-order valence-electron chi connectivity index (χ3n) is 2.77. The number of esters is 1. The zero-order chi connectivity index (χ0) is 14.0. The number of hydrogen-bond donors (Lipinski definition) is 0. The second kappa shape index (κ2) is 5.10. The van der Waals surface area contributed by atoms with Crippen molar-refractivity contribution >= 4 is 15.8 Å². The highest BCUT2D eigenvalue weighted by atomic mass is 32.2. The number of rotatable bonds is 4. The van der Waals surface area contributed by atoms with Crippen molar-refractivity contribution in [1.29, 1.82) is 0 Å². The predicted molar refractivity (Wildman–Crippen MR) is 69.1 cm³/mol. The molecule has 1 rings (SSSR count). The van der Waals surface area contributed by atoms with Gasteiger partial charge in [-0.1, -0.05) is 17.7 Å².